The van der Waals surface area contributed by atoms with Gasteiger partial charge < -0.3 is 9.29 Å². The number of carbonyl (C=O) groups excluding carboxylic acids is 1. The lowest BCUT2D eigenvalue weighted by Crippen LogP contribution is -2.05. The molecule has 1 aromatic carbocycles. The number of hydrogen-bond donors (Lipinski definition) is 2. The second-order valence-electron chi connectivity index (χ2n) is 2.49. The Kier molecular flexibility index (Phi) is 3.40. The quantitative estimate of drug-likeness (QED) is 0.713. The molecule has 0 heterocycles. The smallest absolute Gasteiger partial charge is 0.353 e. The summed E-state index contributed by atoms with van der Waals surface area (Å²) in [5.41, 5.74) is -0.250. The van der Waals surface area contributed by atoms with E-state index in [1.54, 1.807) is 0 Å². The van der Waals surface area contributed by atoms with Crippen LogP contribution in [0.15, 0.2) is 24.3 Å². The summed E-state index contributed by atoms with van der Waals surface area (Å²) in [7, 11) is -3.29. The van der Waals surface area contributed by atoms with Gasteiger partial charge in [-0.15, -0.1) is 0 Å². The fourth-order valence-corrected chi connectivity index (χ4v) is 1.14. The lowest BCUT2D eigenvalue weighted by Gasteiger charge is -1.98. The molecular weight excluding hydrogens is 224 g/mol. The number of hydrogen-bond acceptors (Lipinski definition) is 5. The molecule has 15 heavy (non-hydrogen) atoms. The Balaban J connectivity index is 3.00. The maximum atomic E-state index is 11.0. The van der Waals surface area contributed by atoms with Crippen LogP contribution in [0.4, 0.5) is 0 Å². The summed E-state index contributed by atoms with van der Waals surface area (Å²) >= 11 is 0. The average Bonchev–Trinajstić information content (AvgIpc) is 2.17. The number of thiol groups is 1. The van der Waals surface area contributed by atoms with Gasteiger partial charge in [0.1, 0.15) is 0 Å². The first kappa shape index (κ1) is 11.2. The molecule has 0 aromatic heterocycles. The highest BCUT2D eigenvalue weighted by Gasteiger charge is 2.11. The van der Waals surface area contributed by atoms with E-state index in [1.807, 2.05) is 0 Å². The van der Waals surface area contributed by atoms with Crippen LogP contribution in [-0.2, 0) is 15.2 Å². The van der Waals surface area contributed by atoms with Gasteiger partial charge in [-0.3, -0.25) is 0 Å². The van der Waals surface area contributed by atoms with E-state index in [1.165, 1.54) is 18.2 Å². The summed E-state index contributed by atoms with van der Waals surface area (Å²) in [4.78, 5) is 21.6. The standard InChI is InChI=1S/C8H6O6S/c9-7(10)5-2-1-3-6(4-5)8(11)14-15(12)13/h1-4,15H,(H,9,10). The third kappa shape index (κ3) is 3.06. The second-order valence-corrected chi connectivity index (χ2v) is 3.12. The molecule has 80 valence electrons. The van der Waals surface area contributed by atoms with E-state index in [4.69, 9.17) is 5.11 Å². The molecule has 0 atom stereocenters. The topological polar surface area (TPSA) is 97.7 Å². The van der Waals surface area contributed by atoms with Crippen LogP contribution in [0.3, 0.4) is 0 Å². The summed E-state index contributed by atoms with van der Waals surface area (Å²) < 4.78 is 24.1. The molecule has 0 spiro atoms. The highest BCUT2D eigenvalue weighted by atomic mass is 32.2. The highest BCUT2D eigenvalue weighted by Crippen LogP contribution is 2.06. The number of carboxylic acids is 1. The SMILES string of the molecule is O=C(O)c1cccc(C(=O)O[SH](=O)=O)c1. The molecule has 0 saturated heterocycles. The molecule has 0 unspecified atom stereocenters. The minimum absolute atomic E-state index is 0.120. The molecule has 0 aliphatic carbocycles. The summed E-state index contributed by atoms with van der Waals surface area (Å²) in [6.45, 7) is 0. The van der Waals surface area contributed by atoms with Gasteiger partial charge in [-0.2, -0.15) is 8.42 Å². The maximum Gasteiger partial charge on any atom is 0.353 e. The van der Waals surface area contributed by atoms with Gasteiger partial charge in [0.05, 0.1) is 11.1 Å². The average molecular weight is 230 g/mol. The van der Waals surface area contributed by atoms with Gasteiger partial charge in [0.2, 0.25) is 0 Å². The molecule has 0 radical (unpaired) electrons. The Morgan fingerprint density at radius 2 is 1.80 bits per heavy atom. The van der Waals surface area contributed by atoms with Gasteiger partial charge in [0, 0.05) is 0 Å². The van der Waals surface area contributed by atoms with Crippen LogP contribution in [-0.4, -0.2) is 25.5 Å². The maximum absolute atomic E-state index is 11.0. The summed E-state index contributed by atoms with van der Waals surface area (Å²) in [5.74, 6) is -2.31. The largest absolute Gasteiger partial charge is 0.478 e. The van der Waals surface area contributed by atoms with Crippen LogP contribution < -0.4 is 0 Å². The minimum atomic E-state index is -3.29. The fourth-order valence-electron chi connectivity index (χ4n) is 0.900. The van der Waals surface area contributed by atoms with Crippen LogP contribution in [0.5, 0.6) is 0 Å². The Morgan fingerprint density at radius 1 is 1.20 bits per heavy atom. The van der Waals surface area contributed by atoms with Gasteiger partial charge in [-0.05, 0) is 18.2 Å². The first-order valence-corrected chi connectivity index (χ1v) is 4.80. The number of aromatic carboxylic acids is 1. The first-order valence-electron chi connectivity index (χ1n) is 3.71. The number of rotatable bonds is 3. The zero-order valence-electron chi connectivity index (χ0n) is 7.25. The molecule has 6 nitrogen and oxygen atoms in total. The monoisotopic (exact) mass is 230 g/mol. The van der Waals surface area contributed by atoms with E-state index >= 15 is 0 Å². The third-order valence-corrected chi connectivity index (χ3v) is 1.82. The van der Waals surface area contributed by atoms with E-state index in [2.05, 4.69) is 4.18 Å². The van der Waals surface area contributed by atoms with Crippen molar-refractivity contribution in [1.82, 2.24) is 0 Å². The molecular formula is C8H6O6S. The highest BCUT2D eigenvalue weighted by molar-refractivity contribution is 7.67. The number of benzene rings is 1. The lowest BCUT2D eigenvalue weighted by atomic mass is 10.1. The molecule has 1 rings (SSSR count). The van der Waals surface area contributed by atoms with Crippen LogP contribution in [0, 0.1) is 0 Å². The van der Waals surface area contributed by atoms with E-state index < -0.39 is 22.9 Å². The molecule has 0 fully saturated rings. The van der Waals surface area contributed by atoms with Crippen molar-refractivity contribution in [1.29, 1.82) is 0 Å². The van der Waals surface area contributed by atoms with Gasteiger partial charge in [0.15, 0.2) is 0 Å². The van der Waals surface area contributed by atoms with Crippen LogP contribution in [0.1, 0.15) is 20.7 Å². The molecule has 0 aliphatic rings. The predicted molar refractivity (Wildman–Crippen MR) is 49.1 cm³/mol. The first-order chi connectivity index (χ1) is 7.00. The van der Waals surface area contributed by atoms with Gasteiger partial charge in [-0.1, -0.05) is 6.07 Å². The number of carboxylic acid groups (broad SMARTS) is 1. The van der Waals surface area contributed by atoms with Crippen LogP contribution in [0.2, 0.25) is 0 Å². The third-order valence-electron chi connectivity index (χ3n) is 1.50. The Morgan fingerprint density at radius 3 is 2.33 bits per heavy atom. The molecule has 0 bridgehead atoms. The van der Waals surface area contributed by atoms with E-state index in [0.29, 0.717) is 0 Å². The molecule has 0 amide bonds. The molecule has 1 aromatic rings. The summed E-state index contributed by atoms with van der Waals surface area (Å²) in [6, 6.07) is 4.88. The van der Waals surface area contributed by atoms with Gasteiger partial charge in [0.25, 0.3) is 0 Å². The van der Waals surface area contributed by atoms with Crippen molar-refractivity contribution >= 4 is 22.9 Å². The van der Waals surface area contributed by atoms with Gasteiger partial charge in [-0.25, -0.2) is 9.59 Å². The molecule has 0 aliphatic heterocycles. The van der Waals surface area contributed by atoms with E-state index in [9.17, 15) is 18.0 Å². The van der Waals surface area contributed by atoms with Crippen molar-refractivity contribution in [2.75, 3.05) is 0 Å². The number of carbonyl (C=O) groups is 2. The molecule has 7 heteroatoms. The Bertz CT molecular complexity index is 468. The normalized spacial score (nSPS) is 9.93. The van der Waals surface area contributed by atoms with Crippen molar-refractivity contribution in [3.63, 3.8) is 0 Å². The Hall–Kier alpha value is -1.89. The van der Waals surface area contributed by atoms with E-state index in [0.717, 1.165) is 6.07 Å². The minimum Gasteiger partial charge on any atom is -0.478 e. The van der Waals surface area contributed by atoms with Crippen molar-refractivity contribution in [3.05, 3.63) is 35.4 Å². The molecule has 1 N–H and O–H groups in total. The molecule has 0 saturated carbocycles. The zero-order valence-corrected chi connectivity index (χ0v) is 8.14. The zero-order chi connectivity index (χ0) is 11.4. The summed E-state index contributed by atoms with van der Waals surface area (Å²) in [6.07, 6.45) is 0. The van der Waals surface area contributed by atoms with E-state index in [-0.39, 0.29) is 11.1 Å². The van der Waals surface area contributed by atoms with Crippen molar-refractivity contribution in [2.24, 2.45) is 0 Å². The Labute approximate surface area is 86.3 Å². The van der Waals surface area contributed by atoms with Crippen LogP contribution in [0.25, 0.3) is 0 Å². The van der Waals surface area contributed by atoms with Crippen molar-refractivity contribution in [3.8, 4) is 0 Å². The fraction of sp³-hybridized carbons (Fsp3) is 0. The predicted octanol–water partition coefficient (Wildman–Crippen LogP) is 0.0680. The second kappa shape index (κ2) is 4.56. The van der Waals surface area contributed by atoms with Crippen molar-refractivity contribution < 1.29 is 27.3 Å². The lowest BCUT2D eigenvalue weighted by molar-refractivity contribution is 0.0697. The van der Waals surface area contributed by atoms with Crippen molar-refractivity contribution in [2.45, 2.75) is 0 Å². The summed E-state index contributed by atoms with van der Waals surface area (Å²) in [5, 5.41) is 8.60. The van der Waals surface area contributed by atoms with Crippen LogP contribution >= 0.6 is 0 Å². The van der Waals surface area contributed by atoms with Gasteiger partial charge >= 0.3 is 22.9 Å².